The maximum atomic E-state index is 11.6. The van der Waals surface area contributed by atoms with Gasteiger partial charge in [-0.2, -0.15) is 0 Å². The van der Waals surface area contributed by atoms with E-state index in [4.69, 9.17) is 4.74 Å². The molecular formula is C15H19N3O2. The van der Waals surface area contributed by atoms with Gasteiger partial charge in [0.05, 0.1) is 6.33 Å². The minimum absolute atomic E-state index is 0.0378. The number of aromatic amines is 1. The fraction of sp³-hybridized carbons (Fsp3) is 0.333. The number of nitrogens with one attached hydrogen (secondary N) is 2. The second-order valence-corrected chi connectivity index (χ2v) is 4.47. The lowest BCUT2D eigenvalue weighted by Crippen LogP contribution is -2.30. The van der Waals surface area contributed by atoms with E-state index in [1.165, 1.54) is 5.56 Å². The van der Waals surface area contributed by atoms with Crippen LogP contribution >= 0.6 is 0 Å². The zero-order valence-corrected chi connectivity index (χ0v) is 11.6. The van der Waals surface area contributed by atoms with E-state index in [1.807, 2.05) is 24.3 Å². The van der Waals surface area contributed by atoms with Crippen LogP contribution in [0.1, 0.15) is 18.2 Å². The maximum absolute atomic E-state index is 11.6. The summed E-state index contributed by atoms with van der Waals surface area (Å²) in [4.78, 5) is 18.5. The number of rotatable bonds is 7. The van der Waals surface area contributed by atoms with Gasteiger partial charge in [0.1, 0.15) is 5.75 Å². The average molecular weight is 273 g/mol. The number of carbonyl (C=O) groups is 1. The van der Waals surface area contributed by atoms with Crippen molar-refractivity contribution in [3.05, 3.63) is 48.0 Å². The van der Waals surface area contributed by atoms with Gasteiger partial charge in [-0.15, -0.1) is 0 Å². The number of hydrogen-bond donors (Lipinski definition) is 2. The van der Waals surface area contributed by atoms with E-state index < -0.39 is 0 Å². The molecule has 5 heteroatoms. The van der Waals surface area contributed by atoms with Crippen LogP contribution < -0.4 is 10.1 Å². The maximum Gasteiger partial charge on any atom is 0.257 e. The van der Waals surface area contributed by atoms with Crippen LogP contribution in [0.2, 0.25) is 0 Å². The number of carbonyl (C=O) groups excluding carboxylic acids is 1. The van der Waals surface area contributed by atoms with E-state index in [-0.39, 0.29) is 12.5 Å². The van der Waals surface area contributed by atoms with E-state index in [0.29, 0.717) is 6.54 Å². The van der Waals surface area contributed by atoms with Gasteiger partial charge >= 0.3 is 0 Å². The number of ether oxygens (including phenoxy) is 1. The Bertz CT molecular complexity index is 538. The fourth-order valence-electron chi connectivity index (χ4n) is 1.81. The van der Waals surface area contributed by atoms with Crippen LogP contribution in [0, 0.1) is 0 Å². The highest BCUT2D eigenvalue weighted by Gasteiger charge is 2.03. The summed E-state index contributed by atoms with van der Waals surface area (Å²) in [6.07, 6.45) is 5.06. The molecule has 2 rings (SSSR count). The molecule has 106 valence electrons. The molecule has 0 saturated carbocycles. The standard InChI is InChI=1S/C15H19N3O2/c1-2-12-4-3-5-14(8-12)20-10-15(19)17-7-6-13-9-16-11-18-13/h3-5,8-9,11H,2,6-7,10H2,1H3,(H,16,18)(H,17,19). The third-order valence-electron chi connectivity index (χ3n) is 2.95. The first-order chi connectivity index (χ1) is 9.78. The predicted octanol–water partition coefficient (Wildman–Crippen LogP) is 1.71. The lowest BCUT2D eigenvalue weighted by Gasteiger charge is -2.08. The van der Waals surface area contributed by atoms with Crippen molar-refractivity contribution in [1.82, 2.24) is 15.3 Å². The molecule has 2 aromatic rings. The molecule has 1 aromatic carbocycles. The van der Waals surface area contributed by atoms with Crippen LogP contribution in [0.25, 0.3) is 0 Å². The van der Waals surface area contributed by atoms with Gasteiger partial charge in [0.25, 0.3) is 5.91 Å². The minimum atomic E-state index is -0.119. The molecule has 5 nitrogen and oxygen atoms in total. The van der Waals surface area contributed by atoms with Gasteiger partial charge in [-0.05, 0) is 24.1 Å². The molecule has 0 aliphatic carbocycles. The van der Waals surface area contributed by atoms with Gasteiger partial charge < -0.3 is 15.0 Å². The topological polar surface area (TPSA) is 67.0 Å². The van der Waals surface area contributed by atoms with Crippen molar-refractivity contribution in [2.24, 2.45) is 0 Å². The summed E-state index contributed by atoms with van der Waals surface area (Å²) in [6.45, 7) is 2.69. The molecule has 0 atom stereocenters. The molecule has 20 heavy (non-hydrogen) atoms. The molecule has 0 radical (unpaired) electrons. The normalized spacial score (nSPS) is 10.2. The summed E-state index contributed by atoms with van der Waals surface area (Å²) >= 11 is 0. The monoisotopic (exact) mass is 273 g/mol. The Labute approximate surface area is 118 Å². The number of hydrogen-bond acceptors (Lipinski definition) is 3. The van der Waals surface area contributed by atoms with Crippen LogP contribution in [-0.4, -0.2) is 29.0 Å². The molecule has 0 spiro atoms. The molecule has 1 heterocycles. The fourth-order valence-corrected chi connectivity index (χ4v) is 1.81. The second-order valence-electron chi connectivity index (χ2n) is 4.47. The zero-order chi connectivity index (χ0) is 14.2. The van der Waals surface area contributed by atoms with Crippen molar-refractivity contribution in [1.29, 1.82) is 0 Å². The Hall–Kier alpha value is -2.30. The van der Waals surface area contributed by atoms with Crippen LogP contribution in [0.5, 0.6) is 5.75 Å². The summed E-state index contributed by atoms with van der Waals surface area (Å²) in [5.41, 5.74) is 2.20. The van der Waals surface area contributed by atoms with Crippen molar-refractivity contribution in [2.75, 3.05) is 13.2 Å². The molecule has 0 bridgehead atoms. The summed E-state index contributed by atoms with van der Waals surface area (Å²) in [7, 11) is 0. The number of imidazole rings is 1. The molecule has 0 aliphatic heterocycles. The molecular weight excluding hydrogens is 254 g/mol. The van der Waals surface area contributed by atoms with Crippen molar-refractivity contribution in [2.45, 2.75) is 19.8 Å². The summed E-state index contributed by atoms with van der Waals surface area (Å²) in [5.74, 6) is 0.611. The molecule has 0 aliphatic rings. The van der Waals surface area contributed by atoms with E-state index >= 15 is 0 Å². The highest BCUT2D eigenvalue weighted by Crippen LogP contribution is 2.13. The first kappa shape index (κ1) is 14.1. The van der Waals surface area contributed by atoms with Gasteiger partial charge in [0.2, 0.25) is 0 Å². The Morgan fingerprint density at radius 3 is 3.10 bits per heavy atom. The van der Waals surface area contributed by atoms with Gasteiger partial charge in [0.15, 0.2) is 6.61 Å². The SMILES string of the molecule is CCc1cccc(OCC(=O)NCCc2cnc[nH]2)c1. The van der Waals surface area contributed by atoms with Gasteiger partial charge in [-0.3, -0.25) is 4.79 Å². The Balaban J connectivity index is 1.69. The molecule has 1 amide bonds. The number of H-pyrrole nitrogens is 1. The van der Waals surface area contributed by atoms with Gasteiger partial charge in [-0.1, -0.05) is 19.1 Å². The zero-order valence-electron chi connectivity index (χ0n) is 11.6. The smallest absolute Gasteiger partial charge is 0.257 e. The molecule has 0 unspecified atom stereocenters. The van der Waals surface area contributed by atoms with E-state index in [2.05, 4.69) is 22.2 Å². The molecule has 2 N–H and O–H groups in total. The number of benzene rings is 1. The van der Waals surface area contributed by atoms with E-state index in [9.17, 15) is 4.79 Å². The lowest BCUT2D eigenvalue weighted by atomic mass is 10.2. The van der Waals surface area contributed by atoms with Crippen molar-refractivity contribution < 1.29 is 9.53 Å². The van der Waals surface area contributed by atoms with Crippen molar-refractivity contribution in [3.8, 4) is 5.75 Å². The Morgan fingerprint density at radius 2 is 2.35 bits per heavy atom. The molecule has 1 aromatic heterocycles. The Morgan fingerprint density at radius 1 is 1.45 bits per heavy atom. The quantitative estimate of drug-likeness (QED) is 0.807. The van der Waals surface area contributed by atoms with Crippen LogP contribution in [0.3, 0.4) is 0 Å². The van der Waals surface area contributed by atoms with E-state index in [1.54, 1.807) is 12.5 Å². The first-order valence-corrected chi connectivity index (χ1v) is 6.73. The van der Waals surface area contributed by atoms with Crippen LogP contribution in [0.4, 0.5) is 0 Å². The molecule has 0 fully saturated rings. The highest BCUT2D eigenvalue weighted by molar-refractivity contribution is 5.77. The Kier molecular flexibility index (Phi) is 5.17. The number of amides is 1. The van der Waals surface area contributed by atoms with Gasteiger partial charge in [0, 0.05) is 24.9 Å². The van der Waals surface area contributed by atoms with Crippen LogP contribution in [0.15, 0.2) is 36.8 Å². The third-order valence-corrected chi connectivity index (χ3v) is 2.95. The first-order valence-electron chi connectivity index (χ1n) is 6.73. The summed E-state index contributed by atoms with van der Waals surface area (Å²) in [6, 6.07) is 7.79. The van der Waals surface area contributed by atoms with Gasteiger partial charge in [-0.25, -0.2) is 4.98 Å². The van der Waals surface area contributed by atoms with E-state index in [0.717, 1.165) is 24.3 Å². The number of aryl methyl sites for hydroxylation is 1. The largest absolute Gasteiger partial charge is 0.484 e. The van der Waals surface area contributed by atoms with Crippen molar-refractivity contribution >= 4 is 5.91 Å². The summed E-state index contributed by atoms with van der Waals surface area (Å²) in [5, 5.41) is 2.81. The predicted molar refractivity (Wildman–Crippen MR) is 76.6 cm³/mol. The minimum Gasteiger partial charge on any atom is -0.484 e. The highest BCUT2D eigenvalue weighted by atomic mass is 16.5. The second kappa shape index (κ2) is 7.33. The van der Waals surface area contributed by atoms with Crippen LogP contribution in [-0.2, 0) is 17.6 Å². The van der Waals surface area contributed by atoms with Crippen molar-refractivity contribution in [3.63, 3.8) is 0 Å². The lowest BCUT2D eigenvalue weighted by molar-refractivity contribution is -0.123. The third kappa shape index (κ3) is 4.42. The molecule has 0 saturated heterocycles. The number of nitrogens with zero attached hydrogens (tertiary/aromatic N) is 1. The number of aromatic nitrogens is 2. The summed E-state index contributed by atoms with van der Waals surface area (Å²) < 4.78 is 5.47. The average Bonchev–Trinajstić information content (AvgIpc) is 2.98.